The number of likely N-dealkylation sites (tertiary alicyclic amines) is 1. The van der Waals surface area contributed by atoms with Crippen molar-refractivity contribution in [3.63, 3.8) is 0 Å². The number of nitrogens with two attached hydrogens (primary N) is 1. The molecule has 1 saturated heterocycles. The average molecular weight is 421 g/mol. The van der Waals surface area contributed by atoms with E-state index in [2.05, 4.69) is 9.89 Å². The van der Waals surface area contributed by atoms with Gasteiger partial charge >= 0.3 is 0 Å². The Kier molecular flexibility index (Phi) is 8.52. The first-order chi connectivity index (χ1) is 10.2. The fourth-order valence-electron chi connectivity index (χ4n) is 2.40. The second-order valence-electron chi connectivity index (χ2n) is 5.35. The molecule has 1 aromatic rings. The minimum atomic E-state index is -0.293. The van der Waals surface area contributed by atoms with E-state index in [9.17, 15) is 4.39 Å². The lowest BCUT2D eigenvalue weighted by molar-refractivity contribution is 0.204. The van der Waals surface area contributed by atoms with Crippen molar-refractivity contribution in [3.05, 3.63) is 30.1 Å². The van der Waals surface area contributed by atoms with E-state index in [0.717, 1.165) is 19.5 Å². The van der Waals surface area contributed by atoms with Crippen LogP contribution in [0.25, 0.3) is 0 Å². The molecule has 0 amide bonds. The van der Waals surface area contributed by atoms with Crippen molar-refractivity contribution >= 4 is 29.9 Å². The van der Waals surface area contributed by atoms with Crippen LogP contribution in [0.5, 0.6) is 5.75 Å². The summed E-state index contributed by atoms with van der Waals surface area (Å²) in [6.45, 7) is 4.49. The SMILES string of the molecule is CCC(CN=C(N)N1CCCCC1)Oc1cccc(F)c1.I. The summed E-state index contributed by atoms with van der Waals surface area (Å²) in [6.07, 6.45) is 4.33. The van der Waals surface area contributed by atoms with Gasteiger partial charge in [-0.15, -0.1) is 24.0 Å². The van der Waals surface area contributed by atoms with Gasteiger partial charge in [-0.05, 0) is 37.8 Å². The molecule has 6 heteroatoms. The van der Waals surface area contributed by atoms with Crippen LogP contribution in [0.3, 0.4) is 0 Å². The summed E-state index contributed by atoms with van der Waals surface area (Å²) >= 11 is 0. The number of hydrogen-bond acceptors (Lipinski definition) is 2. The summed E-state index contributed by atoms with van der Waals surface area (Å²) in [5.41, 5.74) is 6.03. The molecule has 1 atom stereocenters. The van der Waals surface area contributed by atoms with Crippen LogP contribution < -0.4 is 10.5 Å². The Hall–Kier alpha value is -1.05. The van der Waals surface area contributed by atoms with E-state index >= 15 is 0 Å². The molecule has 0 radical (unpaired) electrons. The van der Waals surface area contributed by atoms with Gasteiger partial charge in [-0.3, -0.25) is 0 Å². The number of guanidine groups is 1. The number of nitrogens with zero attached hydrogens (tertiary/aromatic N) is 2. The molecule has 0 aliphatic carbocycles. The molecule has 1 aliphatic rings. The van der Waals surface area contributed by atoms with Crippen molar-refractivity contribution in [2.24, 2.45) is 10.7 Å². The molecule has 0 spiro atoms. The van der Waals surface area contributed by atoms with Gasteiger partial charge in [0.15, 0.2) is 5.96 Å². The van der Waals surface area contributed by atoms with Crippen LogP contribution in [0.1, 0.15) is 32.6 Å². The Labute approximate surface area is 148 Å². The van der Waals surface area contributed by atoms with Crippen molar-refractivity contribution in [2.75, 3.05) is 19.6 Å². The first-order valence-electron chi connectivity index (χ1n) is 7.66. The van der Waals surface area contributed by atoms with Crippen LogP contribution in [-0.4, -0.2) is 36.6 Å². The second-order valence-corrected chi connectivity index (χ2v) is 5.35. The summed E-state index contributed by atoms with van der Waals surface area (Å²) in [5, 5.41) is 0. The molecule has 1 fully saturated rings. The molecule has 2 N–H and O–H groups in total. The molecule has 1 aliphatic heterocycles. The van der Waals surface area contributed by atoms with Gasteiger partial charge in [0.1, 0.15) is 17.7 Å². The average Bonchev–Trinajstić information content (AvgIpc) is 2.52. The largest absolute Gasteiger partial charge is 0.488 e. The normalized spacial score (nSPS) is 16.8. The minimum Gasteiger partial charge on any atom is -0.488 e. The number of aliphatic imine (C=N–C) groups is 1. The van der Waals surface area contributed by atoms with Gasteiger partial charge in [-0.25, -0.2) is 9.38 Å². The summed E-state index contributed by atoms with van der Waals surface area (Å²) in [4.78, 5) is 6.56. The van der Waals surface area contributed by atoms with Gasteiger partial charge in [0, 0.05) is 19.2 Å². The zero-order valence-corrected chi connectivity index (χ0v) is 15.3. The monoisotopic (exact) mass is 421 g/mol. The zero-order chi connectivity index (χ0) is 15.1. The van der Waals surface area contributed by atoms with Gasteiger partial charge in [0.2, 0.25) is 0 Å². The highest BCUT2D eigenvalue weighted by Gasteiger charge is 2.13. The van der Waals surface area contributed by atoms with Crippen LogP contribution in [-0.2, 0) is 0 Å². The third-order valence-corrected chi connectivity index (χ3v) is 3.69. The van der Waals surface area contributed by atoms with Gasteiger partial charge in [0.05, 0.1) is 6.54 Å². The molecular formula is C16H25FIN3O. The first-order valence-corrected chi connectivity index (χ1v) is 7.66. The van der Waals surface area contributed by atoms with Crippen LogP contribution in [0.2, 0.25) is 0 Å². The Balaban J connectivity index is 0.00000242. The van der Waals surface area contributed by atoms with Gasteiger partial charge in [-0.1, -0.05) is 13.0 Å². The van der Waals surface area contributed by atoms with Crippen molar-refractivity contribution in [1.82, 2.24) is 4.90 Å². The molecule has 0 saturated carbocycles. The van der Waals surface area contributed by atoms with E-state index in [4.69, 9.17) is 10.5 Å². The van der Waals surface area contributed by atoms with Gasteiger partial charge < -0.3 is 15.4 Å². The summed E-state index contributed by atoms with van der Waals surface area (Å²) < 4.78 is 18.9. The van der Waals surface area contributed by atoms with Crippen LogP contribution in [0.4, 0.5) is 4.39 Å². The number of ether oxygens (including phenoxy) is 1. The Bertz CT molecular complexity index is 478. The van der Waals surface area contributed by atoms with Crippen LogP contribution in [0, 0.1) is 5.82 Å². The van der Waals surface area contributed by atoms with E-state index in [1.54, 1.807) is 12.1 Å². The van der Waals surface area contributed by atoms with E-state index in [1.165, 1.54) is 31.4 Å². The van der Waals surface area contributed by atoms with E-state index < -0.39 is 0 Å². The number of hydrogen-bond donors (Lipinski definition) is 1. The second kappa shape index (κ2) is 9.86. The molecule has 22 heavy (non-hydrogen) atoms. The van der Waals surface area contributed by atoms with Crippen LogP contribution >= 0.6 is 24.0 Å². The minimum absolute atomic E-state index is 0. The standard InChI is InChI=1S/C16H24FN3O.HI/c1-2-14(21-15-8-6-7-13(17)11-15)12-19-16(18)20-9-4-3-5-10-20;/h6-8,11,14H,2-5,9-10,12H2,1H3,(H2,18,19);1H. The summed E-state index contributed by atoms with van der Waals surface area (Å²) in [6, 6.07) is 6.19. The van der Waals surface area contributed by atoms with Gasteiger partial charge in [-0.2, -0.15) is 0 Å². The van der Waals surface area contributed by atoms with Crippen LogP contribution in [0.15, 0.2) is 29.3 Å². The maximum absolute atomic E-state index is 13.1. The quantitative estimate of drug-likeness (QED) is 0.451. The van der Waals surface area contributed by atoms with Crippen molar-refractivity contribution in [3.8, 4) is 5.75 Å². The molecule has 1 aromatic carbocycles. The third-order valence-electron chi connectivity index (χ3n) is 3.69. The zero-order valence-electron chi connectivity index (χ0n) is 13.0. The fraction of sp³-hybridized carbons (Fsp3) is 0.562. The third kappa shape index (κ3) is 5.98. The fourth-order valence-corrected chi connectivity index (χ4v) is 2.40. The van der Waals surface area contributed by atoms with E-state index in [-0.39, 0.29) is 35.9 Å². The molecule has 2 rings (SSSR count). The molecule has 4 nitrogen and oxygen atoms in total. The van der Waals surface area contributed by atoms with E-state index in [0.29, 0.717) is 18.3 Å². The highest BCUT2D eigenvalue weighted by atomic mass is 127. The Morgan fingerprint density at radius 1 is 1.36 bits per heavy atom. The maximum Gasteiger partial charge on any atom is 0.191 e. The van der Waals surface area contributed by atoms with Crippen molar-refractivity contribution in [1.29, 1.82) is 0 Å². The molecular weight excluding hydrogens is 396 g/mol. The number of benzene rings is 1. The number of piperidine rings is 1. The molecule has 124 valence electrons. The van der Waals surface area contributed by atoms with Crippen molar-refractivity contribution in [2.45, 2.75) is 38.7 Å². The predicted octanol–water partition coefficient (Wildman–Crippen LogP) is 3.40. The Morgan fingerprint density at radius 3 is 2.73 bits per heavy atom. The predicted molar refractivity (Wildman–Crippen MR) is 98.4 cm³/mol. The number of rotatable bonds is 5. The molecule has 1 heterocycles. The summed E-state index contributed by atoms with van der Waals surface area (Å²) in [7, 11) is 0. The topological polar surface area (TPSA) is 50.8 Å². The van der Waals surface area contributed by atoms with E-state index in [1.807, 2.05) is 6.92 Å². The van der Waals surface area contributed by atoms with Gasteiger partial charge in [0.25, 0.3) is 0 Å². The highest BCUT2D eigenvalue weighted by Crippen LogP contribution is 2.15. The summed E-state index contributed by atoms with van der Waals surface area (Å²) in [5.74, 6) is 0.836. The maximum atomic E-state index is 13.1. The Morgan fingerprint density at radius 2 is 2.09 bits per heavy atom. The molecule has 1 unspecified atom stereocenters. The lowest BCUT2D eigenvalue weighted by Gasteiger charge is -2.27. The lowest BCUT2D eigenvalue weighted by Crippen LogP contribution is -2.41. The molecule has 0 bridgehead atoms. The highest BCUT2D eigenvalue weighted by molar-refractivity contribution is 14.0. The number of halogens is 2. The molecule has 0 aromatic heterocycles. The smallest absolute Gasteiger partial charge is 0.191 e. The lowest BCUT2D eigenvalue weighted by atomic mass is 10.1. The van der Waals surface area contributed by atoms with Crippen molar-refractivity contribution < 1.29 is 9.13 Å². The first kappa shape index (κ1) is 19.0.